The molecule has 3 fully saturated rings. The molecule has 244 valence electrons. The lowest BCUT2D eigenvalue weighted by Gasteiger charge is -2.48. The Morgan fingerprint density at radius 3 is 2.76 bits per heavy atom. The number of benzene rings is 2. The molecule has 46 heavy (non-hydrogen) atoms. The molecule has 1 aliphatic carbocycles. The van der Waals surface area contributed by atoms with E-state index < -0.39 is 23.5 Å². The Morgan fingerprint density at radius 2 is 1.98 bits per heavy atom. The van der Waals surface area contributed by atoms with Gasteiger partial charge < -0.3 is 33.6 Å². The van der Waals surface area contributed by atoms with Gasteiger partial charge in [-0.3, -0.25) is 9.59 Å². The summed E-state index contributed by atoms with van der Waals surface area (Å²) in [7, 11) is 0. The number of carbonyl (C=O) groups is 2. The van der Waals surface area contributed by atoms with Crippen LogP contribution in [0.4, 0.5) is 4.39 Å². The van der Waals surface area contributed by atoms with Crippen molar-refractivity contribution in [2.75, 3.05) is 19.6 Å². The van der Waals surface area contributed by atoms with Crippen LogP contribution >= 0.6 is 0 Å². The smallest absolute Gasteiger partial charge is 0.306 e. The van der Waals surface area contributed by atoms with Crippen LogP contribution in [0.15, 0.2) is 51.5 Å². The van der Waals surface area contributed by atoms with Crippen LogP contribution in [0.2, 0.25) is 0 Å². The van der Waals surface area contributed by atoms with Crippen molar-refractivity contribution in [1.29, 1.82) is 0 Å². The highest BCUT2D eigenvalue weighted by molar-refractivity contribution is 5.93. The number of fused-ring (bicyclic) bond motifs is 2. The van der Waals surface area contributed by atoms with E-state index in [4.69, 9.17) is 18.3 Å². The fourth-order valence-corrected chi connectivity index (χ4v) is 7.61. The zero-order valence-electron chi connectivity index (χ0n) is 26.2. The van der Waals surface area contributed by atoms with Crippen LogP contribution < -0.4 is 5.32 Å². The molecule has 2 saturated heterocycles. The summed E-state index contributed by atoms with van der Waals surface area (Å²) in [6.45, 7) is 5.87. The van der Waals surface area contributed by atoms with Gasteiger partial charge in [-0.15, -0.1) is 0 Å². The second-order valence-electron chi connectivity index (χ2n) is 13.3. The summed E-state index contributed by atoms with van der Waals surface area (Å²) in [6.07, 6.45) is 4.77. The van der Waals surface area contributed by atoms with Crippen molar-refractivity contribution in [3.63, 3.8) is 0 Å². The Morgan fingerprint density at radius 1 is 1.17 bits per heavy atom. The van der Waals surface area contributed by atoms with Gasteiger partial charge in [0.25, 0.3) is 0 Å². The quantitative estimate of drug-likeness (QED) is 0.251. The zero-order valence-corrected chi connectivity index (χ0v) is 26.2. The Bertz CT molecular complexity index is 1740. The minimum Gasteiger partial charge on any atom is -0.481 e. The van der Waals surface area contributed by atoms with Gasteiger partial charge in [-0.1, -0.05) is 24.3 Å². The van der Waals surface area contributed by atoms with Gasteiger partial charge in [0.1, 0.15) is 29.1 Å². The highest BCUT2D eigenvalue weighted by Crippen LogP contribution is 2.38. The molecule has 2 N–H and O–H groups in total. The van der Waals surface area contributed by atoms with E-state index in [9.17, 15) is 14.7 Å². The van der Waals surface area contributed by atoms with Gasteiger partial charge in [-0.2, -0.15) is 0 Å². The predicted octanol–water partition coefficient (Wildman–Crippen LogP) is 5.71. The van der Waals surface area contributed by atoms with E-state index in [1.54, 1.807) is 18.4 Å². The maximum atomic E-state index is 15.9. The molecule has 11 heteroatoms. The first-order valence-electron chi connectivity index (χ1n) is 16.3. The second-order valence-corrected chi connectivity index (χ2v) is 13.3. The van der Waals surface area contributed by atoms with Crippen molar-refractivity contribution in [3.8, 4) is 11.5 Å². The summed E-state index contributed by atoms with van der Waals surface area (Å²) < 4.78 is 40.8. The first kappa shape index (κ1) is 30.8. The molecule has 4 atom stereocenters. The zero-order chi connectivity index (χ0) is 32.0. The number of aliphatic carboxylic acids is 1. The predicted molar refractivity (Wildman–Crippen MR) is 168 cm³/mol. The first-order chi connectivity index (χ1) is 22.2. The summed E-state index contributed by atoms with van der Waals surface area (Å²) in [6, 6.07) is 10.5. The summed E-state index contributed by atoms with van der Waals surface area (Å²) in [5.74, 6) is -1.65. The molecule has 2 aliphatic heterocycles. The number of furan rings is 1. The number of aromatic nitrogens is 1. The van der Waals surface area contributed by atoms with Crippen molar-refractivity contribution < 1.29 is 37.4 Å². The first-order valence-corrected chi connectivity index (χ1v) is 16.3. The van der Waals surface area contributed by atoms with Gasteiger partial charge in [0.15, 0.2) is 11.4 Å². The number of morpholine rings is 1. The lowest BCUT2D eigenvalue weighted by atomic mass is 9.85. The number of hydrogen-bond donors (Lipinski definition) is 2. The van der Waals surface area contributed by atoms with Gasteiger partial charge in [0.2, 0.25) is 11.8 Å². The number of oxazole rings is 1. The number of para-hydroxylation sites is 1. The summed E-state index contributed by atoms with van der Waals surface area (Å²) >= 11 is 0. The van der Waals surface area contributed by atoms with Crippen LogP contribution in [0.1, 0.15) is 57.9 Å². The lowest BCUT2D eigenvalue weighted by Crippen LogP contribution is -2.64. The molecule has 4 heterocycles. The minimum atomic E-state index is -0.759. The molecule has 1 amide bonds. The largest absolute Gasteiger partial charge is 0.481 e. The number of carbonyl (C=O) groups excluding carboxylic acids is 1. The molecule has 10 nitrogen and oxygen atoms in total. The normalized spacial score (nSPS) is 27.8. The average Bonchev–Trinajstić information content (AvgIpc) is 3.80. The van der Waals surface area contributed by atoms with Crippen molar-refractivity contribution >= 4 is 33.9 Å². The molecule has 3 aliphatic rings. The van der Waals surface area contributed by atoms with Crippen LogP contribution in [0.3, 0.4) is 0 Å². The fourth-order valence-electron chi connectivity index (χ4n) is 7.61. The van der Waals surface area contributed by atoms with Crippen molar-refractivity contribution in [3.05, 3.63) is 54.0 Å². The van der Waals surface area contributed by atoms with E-state index >= 15 is 4.39 Å². The Hall–Kier alpha value is -3.80. The number of carboxylic acids is 1. The van der Waals surface area contributed by atoms with Crippen LogP contribution in [-0.4, -0.2) is 76.5 Å². The fraction of sp³-hybridized carbons (Fsp3) is 0.514. The minimum absolute atomic E-state index is 0.00454. The Labute approximate surface area is 266 Å². The number of amides is 1. The van der Waals surface area contributed by atoms with Gasteiger partial charge in [0, 0.05) is 30.6 Å². The number of nitrogens with zero attached hydrogens (tertiary/aromatic N) is 2. The molecule has 7 rings (SSSR count). The average molecular weight is 634 g/mol. The third-order valence-electron chi connectivity index (χ3n) is 9.94. The summed E-state index contributed by atoms with van der Waals surface area (Å²) in [4.78, 5) is 31.8. The number of hydrogen-bond acceptors (Lipinski definition) is 8. The third kappa shape index (κ3) is 5.80. The third-order valence-corrected chi connectivity index (χ3v) is 9.94. The van der Waals surface area contributed by atoms with Crippen molar-refractivity contribution in [2.45, 2.75) is 88.7 Å². The molecule has 0 bridgehead atoms. The highest BCUT2D eigenvalue weighted by atomic mass is 19.1. The maximum absolute atomic E-state index is 15.9. The van der Waals surface area contributed by atoms with Gasteiger partial charge >= 0.3 is 5.97 Å². The van der Waals surface area contributed by atoms with Gasteiger partial charge in [0.05, 0.1) is 36.2 Å². The second kappa shape index (κ2) is 12.4. The molecule has 4 aromatic rings. The standard InChI is InChI=1S/C35H40FN3O7/c1-20-17-37-19-35(2,46-20)32(44-23-12-9-21(10-13-23)34(41)42)27-7-5-15-39(27)29(40)16-22-11-14-26-31(30(22)36)45-33(38-26)25-18-43-28-8-4-3-6-24(25)28/h3-4,6,8,11,14,18,20-21,23,27,32,37H,5,7,9-10,12-13,15-17,19H2,1-2H3,(H,41,42)/t20-,21?,23?,27?,32?,35-/m1/s1. The molecule has 1 saturated carbocycles. The number of nitrogens with one attached hydrogen (secondary N) is 1. The van der Waals surface area contributed by atoms with E-state index in [-0.39, 0.29) is 53.5 Å². The van der Waals surface area contributed by atoms with Crippen molar-refractivity contribution in [2.24, 2.45) is 5.92 Å². The highest BCUT2D eigenvalue weighted by Gasteiger charge is 2.49. The number of carboxylic acid groups (broad SMARTS) is 1. The number of ether oxygens (including phenoxy) is 2. The monoisotopic (exact) mass is 633 g/mol. The van der Waals surface area contributed by atoms with E-state index in [2.05, 4.69) is 10.3 Å². The van der Waals surface area contributed by atoms with Crippen LogP contribution in [0, 0.1) is 11.7 Å². The van der Waals surface area contributed by atoms with E-state index in [1.165, 1.54) is 0 Å². The number of halogens is 1. The number of rotatable bonds is 8. The molecule has 0 radical (unpaired) electrons. The SMILES string of the molecule is C[C@@H]1CNC[C@](C)(C(OC2CCC(C(=O)O)CC2)C2CCCN2C(=O)Cc2ccc3nc(-c4coc5ccccc45)oc3c2F)O1. The Kier molecular flexibility index (Phi) is 8.33. The lowest BCUT2D eigenvalue weighted by molar-refractivity contribution is -0.208. The molecule has 2 aromatic carbocycles. The number of likely N-dealkylation sites (tertiary alicyclic amines) is 1. The van der Waals surface area contributed by atoms with Crippen molar-refractivity contribution in [1.82, 2.24) is 15.2 Å². The molecule has 2 unspecified atom stereocenters. The van der Waals surface area contributed by atoms with Crippen LogP contribution in [0.25, 0.3) is 33.5 Å². The van der Waals surface area contributed by atoms with Gasteiger partial charge in [-0.25, -0.2) is 9.37 Å². The van der Waals surface area contributed by atoms with E-state index in [0.717, 1.165) is 24.8 Å². The van der Waals surface area contributed by atoms with E-state index in [0.29, 0.717) is 55.4 Å². The summed E-state index contributed by atoms with van der Waals surface area (Å²) in [5, 5.41) is 13.8. The van der Waals surface area contributed by atoms with E-state index in [1.807, 2.05) is 43.0 Å². The molecular formula is C35H40FN3O7. The topological polar surface area (TPSA) is 127 Å². The van der Waals surface area contributed by atoms with Crippen LogP contribution in [-0.2, 0) is 25.5 Å². The Balaban J connectivity index is 1.12. The molecule has 0 spiro atoms. The maximum Gasteiger partial charge on any atom is 0.306 e. The van der Waals surface area contributed by atoms with Gasteiger partial charge in [-0.05, 0) is 64.5 Å². The summed E-state index contributed by atoms with van der Waals surface area (Å²) in [5.41, 5.74) is 1.22. The molecule has 2 aromatic heterocycles. The van der Waals surface area contributed by atoms with Crippen LogP contribution in [0.5, 0.6) is 0 Å². The molecular weight excluding hydrogens is 593 g/mol.